The van der Waals surface area contributed by atoms with Crippen LogP contribution < -0.4 is 5.32 Å². The van der Waals surface area contributed by atoms with Crippen molar-refractivity contribution in [2.45, 2.75) is 30.9 Å². The summed E-state index contributed by atoms with van der Waals surface area (Å²) in [7, 11) is -3.86. The summed E-state index contributed by atoms with van der Waals surface area (Å²) in [6.07, 6.45) is 1.37. The molecule has 0 aliphatic heterocycles. The Kier molecular flexibility index (Phi) is 5.13. The van der Waals surface area contributed by atoms with Gasteiger partial charge in [0.1, 0.15) is 16.8 Å². The fourth-order valence-corrected chi connectivity index (χ4v) is 3.66. The molecule has 0 radical (unpaired) electrons. The van der Waals surface area contributed by atoms with Gasteiger partial charge in [0, 0.05) is 12.0 Å². The standard InChI is InChI=1S/C17H20FNO4S/c1-17(2,3)16(20)19-11-15(14-5-4-10-23-14)24(21,22)13-8-6-12(18)7-9-13/h4-10,15H,11H2,1-3H3,(H,19,20)/t15-/m0/s1. The van der Waals surface area contributed by atoms with Crippen molar-refractivity contribution in [3.05, 3.63) is 54.2 Å². The van der Waals surface area contributed by atoms with Crippen molar-refractivity contribution in [3.63, 3.8) is 0 Å². The highest BCUT2D eigenvalue weighted by atomic mass is 32.2. The van der Waals surface area contributed by atoms with Gasteiger partial charge in [-0.3, -0.25) is 4.79 Å². The number of carbonyl (C=O) groups excluding carboxylic acids is 1. The van der Waals surface area contributed by atoms with Crippen molar-refractivity contribution >= 4 is 15.7 Å². The smallest absolute Gasteiger partial charge is 0.225 e. The molecule has 1 heterocycles. The molecule has 0 saturated carbocycles. The first-order valence-corrected chi connectivity index (χ1v) is 8.98. The molecule has 0 bridgehead atoms. The molecule has 130 valence electrons. The van der Waals surface area contributed by atoms with Gasteiger partial charge in [-0.1, -0.05) is 20.8 Å². The number of sulfone groups is 1. The van der Waals surface area contributed by atoms with E-state index in [2.05, 4.69) is 5.32 Å². The van der Waals surface area contributed by atoms with Crippen LogP contribution in [0.2, 0.25) is 0 Å². The Morgan fingerprint density at radius 3 is 2.33 bits per heavy atom. The van der Waals surface area contributed by atoms with Gasteiger partial charge in [0.25, 0.3) is 0 Å². The van der Waals surface area contributed by atoms with Crippen LogP contribution in [-0.2, 0) is 14.6 Å². The second kappa shape index (κ2) is 6.76. The Bertz CT molecular complexity index is 790. The molecule has 1 aromatic carbocycles. The van der Waals surface area contributed by atoms with Crippen molar-refractivity contribution in [1.29, 1.82) is 0 Å². The molecule has 1 aromatic heterocycles. The highest BCUT2D eigenvalue weighted by Crippen LogP contribution is 2.29. The Labute approximate surface area is 140 Å². The minimum atomic E-state index is -3.86. The number of furan rings is 1. The first kappa shape index (κ1) is 18.2. The van der Waals surface area contributed by atoms with Crippen LogP contribution >= 0.6 is 0 Å². The van der Waals surface area contributed by atoms with Gasteiger partial charge in [-0.05, 0) is 36.4 Å². The lowest BCUT2D eigenvalue weighted by molar-refractivity contribution is -0.128. The maximum atomic E-state index is 13.1. The maximum absolute atomic E-state index is 13.1. The van der Waals surface area contributed by atoms with E-state index in [4.69, 9.17) is 4.42 Å². The highest BCUT2D eigenvalue weighted by Gasteiger charge is 2.33. The Balaban J connectivity index is 2.33. The molecular formula is C17H20FNO4S. The van der Waals surface area contributed by atoms with E-state index in [-0.39, 0.29) is 23.1 Å². The quantitative estimate of drug-likeness (QED) is 0.838. The summed E-state index contributed by atoms with van der Waals surface area (Å²) < 4.78 is 44.0. The van der Waals surface area contributed by atoms with E-state index >= 15 is 0 Å². The highest BCUT2D eigenvalue weighted by molar-refractivity contribution is 7.91. The fourth-order valence-electron chi connectivity index (χ4n) is 2.08. The van der Waals surface area contributed by atoms with Crippen molar-refractivity contribution in [2.24, 2.45) is 5.41 Å². The largest absolute Gasteiger partial charge is 0.468 e. The normalized spacial score (nSPS) is 13.5. The molecule has 0 fully saturated rings. The molecule has 2 rings (SSSR count). The lowest BCUT2D eigenvalue weighted by Crippen LogP contribution is -2.38. The summed E-state index contributed by atoms with van der Waals surface area (Å²) in [4.78, 5) is 12.0. The second-order valence-corrected chi connectivity index (χ2v) is 8.59. The lowest BCUT2D eigenvalue weighted by Gasteiger charge is -2.21. The summed E-state index contributed by atoms with van der Waals surface area (Å²) in [5, 5.41) is 1.55. The van der Waals surface area contributed by atoms with E-state index in [1.165, 1.54) is 24.5 Å². The van der Waals surface area contributed by atoms with Crippen molar-refractivity contribution in [1.82, 2.24) is 5.32 Å². The zero-order valence-corrected chi connectivity index (χ0v) is 14.6. The van der Waals surface area contributed by atoms with E-state index in [0.717, 1.165) is 12.1 Å². The number of hydrogen-bond donors (Lipinski definition) is 1. The SMILES string of the molecule is CC(C)(C)C(=O)NC[C@@H](c1ccco1)S(=O)(=O)c1ccc(F)cc1. The number of carbonyl (C=O) groups is 1. The Hall–Kier alpha value is -2.15. The van der Waals surface area contributed by atoms with Crippen LogP contribution in [0.1, 0.15) is 31.8 Å². The van der Waals surface area contributed by atoms with Crippen LogP contribution in [0.4, 0.5) is 4.39 Å². The second-order valence-electron chi connectivity index (χ2n) is 6.46. The number of hydrogen-bond acceptors (Lipinski definition) is 4. The number of amides is 1. The third-order valence-electron chi connectivity index (χ3n) is 3.51. The molecule has 0 aliphatic carbocycles. The summed E-state index contributed by atoms with van der Waals surface area (Å²) in [5.74, 6) is -0.577. The number of halogens is 1. The molecule has 24 heavy (non-hydrogen) atoms. The molecule has 0 unspecified atom stereocenters. The monoisotopic (exact) mass is 353 g/mol. The molecule has 1 atom stereocenters. The van der Waals surface area contributed by atoms with Crippen LogP contribution in [0.15, 0.2) is 52.0 Å². The van der Waals surface area contributed by atoms with E-state index in [9.17, 15) is 17.6 Å². The molecule has 0 aliphatic rings. The van der Waals surface area contributed by atoms with E-state index < -0.39 is 26.3 Å². The van der Waals surface area contributed by atoms with Gasteiger partial charge in [0.15, 0.2) is 9.84 Å². The van der Waals surface area contributed by atoms with Gasteiger partial charge in [0.2, 0.25) is 5.91 Å². The predicted octanol–water partition coefficient (Wildman–Crippen LogP) is 3.10. The Morgan fingerprint density at radius 1 is 1.21 bits per heavy atom. The zero-order chi connectivity index (χ0) is 18.0. The average molecular weight is 353 g/mol. The molecule has 5 nitrogen and oxygen atoms in total. The van der Waals surface area contributed by atoms with Crippen LogP contribution in [-0.4, -0.2) is 20.9 Å². The number of nitrogens with one attached hydrogen (secondary N) is 1. The first-order chi connectivity index (χ1) is 11.1. The van der Waals surface area contributed by atoms with Crippen molar-refractivity contribution in [3.8, 4) is 0 Å². The predicted molar refractivity (Wildman–Crippen MR) is 87.5 cm³/mol. The van der Waals surface area contributed by atoms with Gasteiger partial charge in [-0.2, -0.15) is 0 Å². The zero-order valence-electron chi connectivity index (χ0n) is 13.7. The minimum absolute atomic E-state index is 0.0321. The lowest BCUT2D eigenvalue weighted by atomic mass is 9.96. The minimum Gasteiger partial charge on any atom is -0.468 e. The molecule has 1 amide bonds. The van der Waals surface area contributed by atoms with Crippen LogP contribution in [0.5, 0.6) is 0 Å². The summed E-state index contributed by atoms with van der Waals surface area (Å²) in [6.45, 7) is 5.07. The van der Waals surface area contributed by atoms with Crippen LogP contribution in [0, 0.1) is 11.2 Å². The summed E-state index contributed by atoms with van der Waals surface area (Å²) in [6, 6.07) is 7.68. The van der Waals surface area contributed by atoms with Gasteiger partial charge < -0.3 is 9.73 Å². The van der Waals surface area contributed by atoms with Crippen LogP contribution in [0.25, 0.3) is 0 Å². The summed E-state index contributed by atoms with van der Waals surface area (Å²) >= 11 is 0. The van der Waals surface area contributed by atoms with Crippen molar-refractivity contribution < 1.29 is 22.0 Å². The van der Waals surface area contributed by atoms with E-state index in [1.54, 1.807) is 26.8 Å². The molecule has 0 spiro atoms. The molecule has 1 N–H and O–H groups in total. The third-order valence-corrected chi connectivity index (χ3v) is 5.58. The molecule has 7 heteroatoms. The summed E-state index contributed by atoms with van der Waals surface area (Å²) in [5.41, 5.74) is -0.645. The van der Waals surface area contributed by atoms with E-state index in [0.29, 0.717) is 0 Å². The topological polar surface area (TPSA) is 76.4 Å². The van der Waals surface area contributed by atoms with Gasteiger partial charge in [-0.15, -0.1) is 0 Å². The maximum Gasteiger partial charge on any atom is 0.225 e. The van der Waals surface area contributed by atoms with Gasteiger partial charge in [-0.25, -0.2) is 12.8 Å². The molecular weight excluding hydrogens is 333 g/mol. The third kappa shape index (κ3) is 4.03. The van der Waals surface area contributed by atoms with Crippen molar-refractivity contribution in [2.75, 3.05) is 6.54 Å². The number of benzene rings is 1. The van der Waals surface area contributed by atoms with Crippen LogP contribution in [0.3, 0.4) is 0 Å². The fraction of sp³-hybridized carbons (Fsp3) is 0.353. The molecule has 0 saturated heterocycles. The van der Waals surface area contributed by atoms with E-state index in [1.807, 2.05) is 0 Å². The number of rotatable bonds is 5. The van der Waals surface area contributed by atoms with Gasteiger partial charge in [0.05, 0.1) is 11.2 Å². The first-order valence-electron chi connectivity index (χ1n) is 7.43. The van der Waals surface area contributed by atoms with Gasteiger partial charge >= 0.3 is 0 Å². The molecule has 2 aromatic rings. The average Bonchev–Trinajstić information content (AvgIpc) is 3.00. The Morgan fingerprint density at radius 2 is 1.83 bits per heavy atom.